The molecule has 0 aromatic heterocycles. The van der Waals surface area contributed by atoms with Crippen molar-refractivity contribution >= 4 is 62.8 Å². The number of methoxy groups -OCH3 is 1. The second kappa shape index (κ2) is 14.2. The Balaban J connectivity index is 1.59. The van der Waals surface area contributed by atoms with E-state index in [0.29, 0.717) is 50.3 Å². The number of para-hydroxylation sites is 2. The van der Waals surface area contributed by atoms with E-state index in [9.17, 15) is 14.4 Å². The van der Waals surface area contributed by atoms with Gasteiger partial charge in [0.25, 0.3) is 5.91 Å². The number of aryl methyl sites for hydroxylation is 1. The maximum Gasteiger partial charge on any atom is 0.329 e. The van der Waals surface area contributed by atoms with Gasteiger partial charge in [0.05, 0.1) is 30.1 Å². The minimum absolute atomic E-state index is 0.286. The molecule has 12 heteroatoms. The third-order valence-electron chi connectivity index (χ3n) is 5.08. The molecule has 39 heavy (non-hydrogen) atoms. The Morgan fingerprint density at radius 1 is 1.00 bits per heavy atom. The Morgan fingerprint density at radius 2 is 1.77 bits per heavy atom. The molecule has 0 unspecified atom stereocenters. The number of hydrogen-bond donors (Lipinski definition) is 3. The minimum Gasteiger partial charge on any atom is -0.493 e. The highest BCUT2D eigenvalue weighted by atomic mass is 79.9. The zero-order chi connectivity index (χ0) is 28.4. The first-order chi connectivity index (χ1) is 18.7. The molecule has 0 saturated heterocycles. The zero-order valence-corrected chi connectivity index (χ0v) is 23.7. The van der Waals surface area contributed by atoms with Crippen molar-refractivity contribution in [1.82, 2.24) is 5.43 Å². The van der Waals surface area contributed by atoms with Gasteiger partial charge in [-0.1, -0.05) is 29.8 Å². The van der Waals surface area contributed by atoms with Gasteiger partial charge in [-0.3, -0.25) is 14.4 Å². The van der Waals surface area contributed by atoms with Gasteiger partial charge >= 0.3 is 11.8 Å². The first-order valence-corrected chi connectivity index (χ1v) is 12.8. The van der Waals surface area contributed by atoms with Crippen LogP contribution in [0.1, 0.15) is 18.1 Å². The van der Waals surface area contributed by atoms with Crippen LogP contribution in [0.2, 0.25) is 5.02 Å². The number of amides is 3. The maximum absolute atomic E-state index is 12.4. The highest BCUT2D eigenvalue weighted by Crippen LogP contribution is 2.36. The van der Waals surface area contributed by atoms with Crippen molar-refractivity contribution in [3.05, 3.63) is 75.2 Å². The van der Waals surface area contributed by atoms with E-state index in [1.54, 1.807) is 54.6 Å². The number of ether oxygens (including phenoxy) is 3. The Hall–Kier alpha value is -4.09. The molecular weight excluding hydrogens is 592 g/mol. The number of hydrazone groups is 1. The topological polar surface area (TPSA) is 127 Å². The highest BCUT2D eigenvalue weighted by Gasteiger charge is 2.16. The molecule has 3 N–H and O–H groups in total. The summed E-state index contributed by atoms with van der Waals surface area (Å²) >= 11 is 9.49. The number of anilines is 2. The average Bonchev–Trinajstić information content (AvgIpc) is 2.91. The van der Waals surface area contributed by atoms with Gasteiger partial charge in [-0.05, 0) is 77.3 Å². The molecule has 0 fully saturated rings. The molecule has 3 amide bonds. The molecule has 0 aliphatic heterocycles. The molecule has 0 atom stereocenters. The highest BCUT2D eigenvalue weighted by molar-refractivity contribution is 9.10. The first kappa shape index (κ1) is 29.5. The first-order valence-electron chi connectivity index (χ1n) is 11.6. The predicted octanol–water partition coefficient (Wildman–Crippen LogP) is 4.92. The molecular formula is C27H26BrClN4O6. The van der Waals surface area contributed by atoms with E-state index >= 15 is 0 Å². The van der Waals surface area contributed by atoms with Gasteiger partial charge in [0, 0.05) is 10.7 Å². The van der Waals surface area contributed by atoms with E-state index in [-0.39, 0.29) is 12.5 Å². The third kappa shape index (κ3) is 8.45. The number of carbonyl (C=O) groups excluding carboxylic acids is 3. The number of hydrogen-bond acceptors (Lipinski definition) is 7. The number of halogens is 2. The van der Waals surface area contributed by atoms with Crippen LogP contribution < -0.4 is 30.3 Å². The van der Waals surface area contributed by atoms with Crippen LogP contribution >= 0.6 is 27.5 Å². The molecule has 0 saturated carbocycles. The van der Waals surface area contributed by atoms with Crippen LogP contribution in [0, 0.1) is 6.92 Å². The summed E-state index contributed by atoms with van der Waals surface area (Å²) in [6, 6.07) is 15.2. The van der Waals surface area contributed by atoms with E-state index in [1.807, 2.05) is 13.8 Å². The lowest BCUT2D eigenvalue weighted by Crippen LogP contribution is -2.32. The van der Waals surface area contributed by atoms with Crippen molar-refractivity contribution in [3.8, 4) is 17.2 Å². The van der Waals surface area contributed by atoms with Gasteiger partial charge in [0.15, 0.2) is 18.1 Å². The summed E-state index contributed by atoms with van der Waals surface area (Å²) in [5, 5.41) is 9.58. The van der Waals surface area contributed by atoms with Crippen molar-refractivity contribution in [2.45, 2.75) is 13.8 Å². The Morgan fingerprint density at radius 3 is 2.49 bits per heavy atom. The Kier molecular flexibility index (Phi) is 10.7. The molecule has 3 aromatic rings. The number of nitrogens with one attached hydrogen (secondary N) is 3. The fourth-order valence-electron chi connectivity index (χ4n) is 3.21. The summed E-state index contributed by atoms with van der Waals surface area (Å²) in [7, 11) is 1.44. The normalized spacial score (nSPS) is 10.6. The number of carbonyl (C=O) groups is 3. The Labute approximate surface area is 238 Å². The van der Waals surface area contributed by atoms with E-state index in [4.69, 9.17) is 25.8 Å². The molecule has 0 heterocycles. The second-order valence-electron chi connectivity index (χ2n) is 7.92. The van der Waals surface area contributed by atoms with Crippen LogP contribution in [0.3, 0.4) is 0 Å². The van der Waals surface area contributed by atoms with Crippen LogP contribution in [0.25, 0.3) is 0 Å². The Bertz CT molecular complexity index is 1400. The van der Waals surface area contributed by atoms with Gasteiger partial charge in [0.1, 0.15) is 5.75 Å². The van der Waals surface area contributed by atoms with Crippen molar-refractivity contribution in [2.75, 3.05) is 31.0 Å². The third-order valence-corrected chi connectivity index (χ3v) is 6.07. The lowest BCUT2D eigenvalue weighted by Gasteiger charge is -2.14. The van der Waals surface area contributed by atoms with Crippen LogP contribution in [0.4, 0.5) is 11.4 Å². The molecule has 0 spiro atoms. The summed E-state index contributed by atoms with van der Waals surface area (Å²) in [4.78, 5) is 36.8. The molecule has 0 radical (unpaired) electrons. The molecule has 0 aliphatic rings. The standard InChI is InChI=1S/C27H26BrClN4O6/c1-4-38-22-8-6-5-7-21(22)32-26(35)27(36)33-30-14-17-11-19(28)25(23(12-17)37-3)39-15-24(34)31-18-10-9-16(2)20(29)13-18/h5-14H,4,15H2,1-3H3,(H,31,34)(H,32,35)(H,33,36)/b30-14-. The van der Waals surface area contributed by atoms with Crippen molar-refractivity contribution < 1.29 is 28.6 Å². The van der Waals surface area contributed by atoms with E-state index in [2.05, 4.69) is 37.1 Å². The second-order valence-corrected chi connectivity index (χ2v) is 9.18. The van der Waals surface area contributed by atoms with Crippen LogP contribution in [-0.4, -0.2) is 44.3 Å². The van der Waals surface area contributed by atoms with Gasteiger partial charge < -0.3 is 24.8 Å². The predicted molar refractivity (Wildman–Crippen MR) is 153 cm³/mol. The van der Waals surface area contributed by atoms with Crippen molar-refractivity contribution in [1.29, 1.82) is 0 Å². The van der Waals surface area contributed by atoms with Gasteiger partial charge in [-0.25, -0.2) is 5.43 Å². The van der Waals surface area contributed by atoms with Crippen LogP contribution in [0.5, 0.6) is 17.2 Å². The average molecular weight is 618 g/mol. The summed E-state index contributed by atoms with van der Waals surface area (Å²) in [5.74, 6) is -1.21. The maximum atomic E-state index is 12.4. The SMILES string of the molecule is CCOc1ccccc1NC(=O)C(=O)N/N=C\c1cc(Br)c(OCC(=O)Nc2ccc(C)c(Cl)c2)c(OC)c1. The lowest BCUT2D eigenvalue weighted by molar-refractivity contribution is -0.136. The quantitative estimate of drug-likeness (QED) is 0.168. The van der Waals surface area contributed by atoms with Gasteiger partial charge in [0.2, 0.25) is 0 Å². The summed E-state index contributed by atoms with van der Waals surface area (Å²) in [6.45, 7) is 3.80. The summed E-state index contributed by atoms with van der Waals surface area (Å²) in [5.41, 5.74) is 4.50. The minimum atomic E-state index is -0.968. The molecule has 3 rings (SSSR count). The fourth-order valence-corrected chi connectivity index (χ4v) is 3.96. The summed E-state index contributed by atoms with van der Waals surface area (Å²) in [6.07, 6.45) is 1.32. The van der Waals surface area contributed by atoms with E-state index < -0.39 is 11.8 Å². The lowest BCUT2D eigenvalue weighted by atomic mass is 10.2. The monoisotopic (exact) mass is 616 g/mol. The van der Waals surface area contributed by atoms with Gasteiger partial charge in [-0.2, -0.15) is 5.10 Å². The number of rotatable bonds is 10. The van der Waals surface area contributed by atoms with Crippen molar-refractivity contribution in [2.24, 2.45) is 5.10 Å². The number of nitrogens with zero attached hydrogens (tertiary/aromatic N) is 1. The molecule has 3 aromatic carbocycles. The van der Waals surface area contributed by atoms with Crippen molar-refractivity contribution in [3.63, 3.8) is 0 Å². The van der Waals surface area contributed by atoms with E-state index in [1.165, 1.54) is 13.3 Å². The smallest absolute Gasteiger partial charge is 0.329 e. The van der Waals surface area contributed by atoms with E-state index in [0.717, 1.165) is 5.56 Å². The molecule has 10 nitrogen and oxygen atoms in total. The van der Waals surface area contributed by atoms with Crippen LogP contribution in [-0.2, 0) is 14.4 Å². The molecule has 0 bridgehead atoms. The molecule has 0 aliphatic carbocycles. The molecule has 204 valence electrons. The zero-order valence-electron chi connectivity index (χ0n) is 21.3. The van der Waals surface area contributed by atoms with Crippen LogP contribution in [0.15, 0.2) is 64.2 Å². The fraction of sp³-hybridized carbons (Fsp3) is 0.185. The summed E-state index contributed by atoms with van der Waals surface area (Å²) < 4.78 is 17.0. The number of benzene rings is 3. The largest absolute Gasteiger partial charge is 0.493 e. The van der Waals surface area contributed by atoms with Gasteiger partial charge in [-0.15, -0.1) is 0 Å².